The number of furan rings is 1. The zero-order chi connectivity index (χ0) is 32.3. The van der Waals surface area contributed by atoms with Crippen LogP contribution in [-0.4, -0.2) is 25.9 Å². The summed E-state index contributed by atoms with van der Waals surface area (Å²) in [4.78, 5) is 0. The highest BCUT2D eigenvalue weighted by Crippen LogP contribution is 2.50. The number of rotatable bonds is 14. The molecular formula is C34H30F3IN2O5S. The van der Waals surface area contributed by atoms with E-state index in [4.69, 9.17) is 13.9 Å². The lowest BCUT2D eigenvalue weighted by atomic mass is 10.1. The second-order valence-corrected chi connectivity index (χ2v) is 14.5. The molecule has 0 bridgehead atoms. The highest BCUT2D eigenvalue weighted by Gasteiger charge is 2.56. The Morgan fingerprint density at radius 3 is 2.20 bits per heavy atom. The van der Waals surface area contributed by atoms with Crippen molar-refractivity contribution in [3.63, 3.8) is 0 Å². The van der Waals surface area contributed by atoms with Crippen LogP contribution in [0.2, 0.25) is 0 Å². The molecule has 46 heavy (non-hydrogen) atoms. The zero-order valence-electron chi connectivity index (χ0n) is 24.4. The normalized spacial score (nSPS) is 14.7. The minimum atomic E-state index is -4.26. The van der Waals surface area contributed by atoms with E-state index < -0.39 is 44.0 Å². The van der Waals surface area contributed by atoms with Gasteiger partial charge in [0.2, 0.25) is 10.0 Å². The van der Waals surface area contributed by atoms with Crippen molar-refractivity contribution in [1.82, 2.24) is 0 Å². The van der Waals surface area contributed by atoms with Crippen LogP contribution in [0.4, 0.5) is 30.2 Å². The molecule has 0 amide bonds. The van der Waals surface area contributed by atoms with Crippen molar-refractivity contribution >= 4 is 60.6 Å². The monoisotopic (exact) mass is 762 g/mol. The van der Waals surface area contributed by atoms with Crippen LogP contribution in [0.15, 0.2) is 95.6 Å². The lowest BCUT2D eigenvalue weighted by molar-refractivity contribution is -0.0344. The number of sulfonamides is 1. The Morgan fingerprint density at radius 1 is 0.870 bits per heavy atom. The first-order valence-corrected chi connectivity index (χ1v) is 17.1. The van der Waals surface area contributed by atoms with E-state index in [0.717, 1.165) is 17.4 Å². The van der Waals surface area contributed by atoms with Crippen LogP contribution in [0.5, 0.6) is 0 Å². The van der Waals surface area contributed by atoms with E-state index in [1.807, 2.05) is 83.3 Å². The van der Waals surface area contributed by atoms with Gasteiger partial charge in [-0.15, -0.1) is 0 Å². The fourth-order valence-corrected chi connectivity index (χ4v) is 7.46. The maximum atomic E-state index is 15.5. The molecule has 1 heterocycles. The number of ether oxygens (including phenoxy) is 2. The van der Waals surface area contributed by atoms with Gasteiger partial charge in [0.25, 0.3) is 0 Å². The third-order valence-corrected chi connectivity index (χ3v) is 10.8. The smallest absolute Gasteiger partial charge is 0.238 e. The molecule has 1 fully saturated rings. The summed E-state index contributed by atoms with van der Waals surface area (Å²) < 4.78 is 93.0. The van der Waals surface area contributed by atoms with Gasteiger partial charge in [0, 0.05) is 3.57 Å². The minimum Gasteiger partial charge on any atom is -0.462 e. The fraction of sp³-hybridized carbons (Fsp3) is 0.235. The van der Waals surface area contributed by atoms with Crippen LogP contribution in [-0.2, 0) is 32.7 Å². The molecule has 2 N–H and O–H groups in total. The summed E-state index contributed by atoms with van der Waals surface area (Å²) in [7, 11) is -4.26. The average Bonchev–Trinajstić information content (AvgIpc) is 3.68. The van der Waals surface area contributed by atoms with E-state index in [0.29, 0.717) is 23.0 Å². The predicted molar refractivity (Wildman–Crippen MR) is 179 cm³/mol. The highest BCUT2D eigenvalue weighted by atomic mass is 127. The number of hydrogen-bond donors (Lipinski definition) is 2. The summed E-state index contributed by atoms with van der Waals surface area (Å²) in [5.41, 5.74) is 0.533. The van der Waals surface area contributed by atoms with Crippen molar-refractivity contribution in [3.8, 4) is 0 Å². The van der Waals surface area contributed by atoms with Crippen molar-refractivity contribution < 1.29 is 35.5 Å². The summed E-state index contributed by atoms with van der Waals surface area (Å²) in [6.45, 7) is 0.695. The first kappa shape index (κ1) is 32.4. The Balaban J connectivity index is 1.28. The summed E-state index contributed by atoms with van der Waals surface area (Å²) in [5.74, 6) is -3.37. The maximum absolute atomic E-state index is 15.5. The Kier molecular flexibility index (Phi) is 9.59. The number of fused-ring (bicyclic) bond motifs is 1. The summed E-state index contributed by atoms with van der Waals surface area (Å²) in [6, 6.07) is 24.4. The van der Waals surface area contributed by atoms with Gasteiger partial charge in [0.05, 0.1) is 48.0 Å². The molecule has 0 aliphatic heterocycles. The van der Waals surface area contributed by atoms with Gasteiger partial charge in [-0.3, -0.25) is 4.72 Å². The van der Waals surface area contributed by atoms with Crippen LogP contribution in [0.3, 0.4) is 0 Å². The molecule has 6 rings (SSSR count). The lowest BCUT2D eigenvalue weighted by Gasteiger charge is -2.25. The molecule has 1 aliphatic rings. The molecule has 240 valence electrons. The van der Waals surface area contributed by atoms with Crippen LogP contribution < -0.4 is 10.0 Å². The van der Waals surface area contributed by atoms with Gasteiger partial charge in [-0.25, -0.2) is 21.6 Å². The average molecular weight is 763 g/mol. The molecule has 4 aromatic carbocycles. The van der Waals surface area contributed by atoms with Crippen molar-refractivity contribution in [3.05, 3.63) is 123 Å². The second kappa shape index (κ2) is 13.6. The zero-order valence-corrected chi connectivity index (χ0v) is 27.4. The third-order valence-electron chi connectivity index (χ3n) is 7.94. The number of nitrogens with one attached hydrogen (secondary N) is 2. The Morgan fingerprint density at radius 2 is 1.54 bits per heavy atom. The number of halogens is 4. The molecule has 5 aromatic rings. The molecule has 0 unspecified atom stereocenters. The topological polar surface area (TPSA) is 89.8 Å². The molecule has 0 saturated heterocycles. The SMILES string of the molecule is O=S(=O)(Nc1c(Nc2ccc(I)cc2F)c(F)c(F)c2ccoc12)C1(C[C@@H](COCc2ccccc2)OCc2ccccc2)CC1. The number of benzene rings is 4. The van der Waals surface area contributed by atoms with Crippen molar-refractivity contribution in [2.75, 3.05) is 16.6 Å². The van der Waals surface area contributed by atoms with Gasteiger partial charge in [0.15, 0.2) is 17.2 Å². The van der Waals surface area contributed by atoms with Gasteiger partial charge in [-0.2, -0.15) is 0 Å². The first-order valence-electron chi connectivity index (χ1n) is 14.6. The first-order chi connectivity index (χ1) is 22.2. The molecular weight excluding hydrogens is 732 g/mol. The van der Waals surface area contributed by atoms with E-state index >= 15 is 8.78 Å². The van der Waals surface area contributed by atoms with E-state index in [9.17, 15) is 12.8 Å². The van der Waals surface area contributed by atoms with Gasteiger partial charge >= 0.3 is 0 Å². The highest BCUT2D eigenvalue weighted by molar-refractivity contribution is 14.1. The molecule has 1 aromatic heterocycles. The number of anilines is 3. The largest absolute Gasteiger partial charge is 0.462 e. The molecule has 1 saturated carbocycles. The van der Waals surface area contributed by atoms with E-state index in [1.54, 1.807) is 6.07 Å². The Hall–Kier alpha value is -3.59. The van der Waals surface area contributed by atoms with Crippen molar-refractivity contribution in [1.29, 1.82) is 0 Å². The number of hydrogen-bond acceptors (Lipinski definition) is 6. The second-order valence-electron chi connectivity index (χ2n) is 11.2. The van der Waals surface area contributed by atoms with Crippen molar-refractivity contribution in [2.24, 2.45) is 0 Å². The quantitative estimate of drug-likeness (QED) is 0.110. The maximum Gasteiger partial charge on any atom is 0.238 e. The van der Waals surface area contributed by atoms with Gasteiger partial charge in [-0.05, 0) is 77.2 Å². The van der Waals surface area contributed by atoms with Crippen LogP contribution in [0.1, 0.15) is 30.4 Å². The minimum absolute atomic E-state index is 0.0867. The van der Waals surface area contributed by atoms with Gasteiger partial charge in [0.1, 0.15) is 17.2 Å². The van der Waals surface area contributed by atoms with E-state index in [2.05, 4.69) is 10.0 Å². The van der Waals surface area contributed by atoms with E-state index in [1.165, 1.54) is 18.2 Å². The predicted octanol–water partition coefficient (Wildman–Crippen LogP) is 8.66. The fourth-order valence-electron chi connectivity index (χ4n) is 5.28. The molecule has 0 spiro atoms. The molecule has 7 nitrogen and oxygen atoms in total. The summed E-state index contributed by atoms with van der Waals surface area (Å²) >= 11 is 1.92. The standard InChI is InChI=1S/C34H30F3IN2O5S/c35-27-17-24(38)11-12-28(27)39-31-30(37)29(36)26-13-16-44-33(26)32(31)40-46(41,42)34(14-15-34)18-25(45-20-23-9-5-2-6-10-23)21-43-19-22-7-3-1-4-8-22/h1-13,16-17,25,39-40H,14-15,18-21H2/t25-/m0/s1. The van der Waals surface area contributed by atoms with Crippen LogP contribution in [0.25, 0.3) is 11.0 Å². The molecule has 12 heteroatoms. The molecule has 1 aliphatic carbocycles. The van der Waals surface area contributed by atoms with Gasteiger partial charge in [-0.1, -0.05) is 60.7 Å². The Labute approximate surface area is 278 Å². The van der Waals surface area contributed by atoms with Crippen LogP contribution >= 0.6 is 22.6 Å². The summed E-state index contributed by atoms with van der Waals surface area (Å²) in [5, 5.41) is 2.29. The van der Waals surface area contributed by atoms with E-state index in [-0.39, 0.29) is 42.0 Å². The molecule has 0 radical (unpaired) electrons. The van der Waals surface area contributed by atoms with Crippen molar-refractivity contribution in [2.45, 2.75) is 43.3 Å². The lowest BCUT2D eigenvalue weighted by Crippen LogP contribution is -2.36. The Bertz CT molecular complexity index is 1940. The summed E-state index contributed by atoms with van der Waals surface area (Å²) in [6.07, 6.45) is 1.24. The third kappa shape index (κ3) is 7.04. The van der Waals surface area contributed by atoms with Gasteiger partial charge < -0.3 is 19.2 Å². The van der Waals surface area contributed by atoms with Crippen LogP contribution in [0, 0.1) is 21.0 Å². The molecule has 1 atom stereocenters.